The van der Waals surface area contributed by atoms with Gasteiger partial charge in [-0.1, -0.05) is 7.43 Å². The number of amides is 1. The lowest BCUT2D eigenvalue weighted by atomic mass is 10.9. The summed E-state index contributed by atoms with van der Waals surface area (Å²) in [6.07, 6.45) is -0.319. The number of methoxy groups -OCH3 is 2. The number of ether oxygens (including phenoxy) is 2. The van der Waals surface area contributed by atoms with Gasteiger partial charge < -0.3 is 19.3 Å². The molecule has 0 aliphatic rings. The molecule has 0 atom stereocenters. The molecular weight excluding hydrogens is 216 g/mol. The summed E-state index contributed by atoms with van der Waals surface area (Å²) in [6, 6.07) is 0. The molecule has 0 N–H and O–H groups in total. The molecule has 0 saturated carbocycles. The Morgan fingerprint density at radius 3 is 1.40 bits per heavy atom. The zero-order valence-corrected chi connectivity index (χ0v) is 10.3. The van der Waals surface area contributed by atoms with Crippen molar-refractivity contribution in [1.82, 2.24) is 9.80 Å². The van der Waals surface area contributed by atoms with Gasteiger partial charge in [-0.05, 0) is 12.2 Å². The van der Waals surface area contributed by atoms with E-state index in [2.05, 4.69) is 21.7 Å². The molecule has 92 valence electrons. The third-order valence-corrected chi connectivity index (χ3v) is 1.61. The SMILES string of the molecule is C.COC(=O)N(C)C.COC(=S)N(C)C. The molecule has 0 unspecified atom stereocenters. The number of hydrogen-bond acceptors (Lipinski definition) is 4. The van der Waals surface area contributed by atoms with E-state index < -0.39 is 0 Å². The standard InChI is InChI=1S/C4H9NO2.C4H9NOS.CH4/c1-5(2)4(6)7-3;1-5(2)4(7)6-3;/h2*1-3H3;1H4. The quantitative estimate of drug-likeness (QED) is 0.597. The molecule has 0 spiro atoms. The molecular formula is C9H22N2O3S. The Labute approximate surface area is 97.9 Å². The van der Waals surface area contributed by atoms with Gasteiger partial charge >= 0.3 is 6.09 Å². The van der Waals surface area contributed by atoms with Crippen molar-refractivity contribution in [2.75, 3.05) is 42.4 Å². The van der Waals surface area contributed by atoms with E-state index in [9.17, 15) is 4.79 Å². The van der Waals surface area contributed by atoms with E-state index in [4.69, 9.17) is 0 Å². The molecule has 0 aliphatic carbocycles. The maximum atomic E-state index is 10.2. The van der Waals surface area contributed by atoms with Crippen molar-refractivity contribution in [3.8, 4) is 0 Å². The van der Waals surface area contributed by atoms with Gasteiger partial charge in [0.25, 0.3) is 5.17 Å². The van der Waals surface area contributed by atoms with Gasteiger partial charge in [0, 0.05) is 28.2 Å². The Hall–Kier alpha value is -1.04. The van der Waals surface area contributed by atoms with Gasteiger partial charge in [0.1, 0.15) is 0 Å². The first kappa shape index (κ1) is 19.5. The Morgan fingerprint density at radius 1 is 1.00 bits per heavy atom. The molecule has 0 aromatic carbocycles. The van der Waals surface area contributed by atoms with Gasteiger partial charge in [-0.3, -0.25) is 0 Å². The molecule has 0 aromatic rings. The first-order valence-corrected chi connectivity index (χ1v) is 4.28. The molecule has 0 radical (unpaired) electrons. The predicted octanol–water partition coefficient (Wildman–Crippen LogP) is 1.43. The van der Waals surface area contributed by atoms with Gasteiger partial charge in [-0.15, -0.1) is 0 Å². The van der Waals surface area contributed by atoms with Crippen LogP contribution in [0.15, 0.2) is 0 Å². The second-order valence-corrected chi connectivity index (χ2v) is 3.08. The maximum absolute atomic E-state index is 10.2. The second-order valence-electron chi connectivity index (χ2n) is 2.73. The average Bonchev–Trinajstić information content (AvgIpc) is 2.15. The van der Waals surface area contributed by atoms with Crippen molar-refractivity contribution in [2.24, 2.45) is 0 Å². The van der Waals surface area contributed by atoms with Crippen molar-refractivity contribution in [1.29, 1.82) is 0 Å². The molecule has 0 heterocycles. The van der Waals surface area contributed by atoms with E-state index in [1.54, 1.807) is 26.1 Å². The smallest absolute Gasteiger partial charge is 0.408 e. The topological polar surface area (TPSA) is 42.0 Å². The van der Waals surface area contributed by atoms with Crippen LogP contribution >= 0.6 is 12.2 Å². The molecule has 0 fully saturated rings. The monoisotopic (exact) mass is 238 g/mol. The molecule has 15 heavy (non-hydrogen) atoms. The van der Waals surface area contributed by atoms with Crippen LogP contribution in [-0.2, 0) is 9.47 Å². The highest BCUT2D eigenvalue weighted by molar-refractivity contribution is 7.79. The molecule has 1 amide bonds. The summed E-state index contributed by atoms with van der Waals surface area (Å²) in [6.45, 7) is 0. The molecule has 0 rings (SSSR count). The predicted molar refractivity (Wildman–Crippen MR) is 66.1 cm³/mol. The highest BCUT2D eigenvalue weighted by Gasteiger charge is 1.97. The maximum Gasteiger partial charge on any atom is 0.408 e. The normalized spacial score (nSPS) is 7.33. The van der Waals surface area contributed by atoms with Crippen molar-refractivity contribution in [3.05, 3.63) is 0 Å². The highest BCUT2D eigenvalue weighted by Crippen LogP contribution is 1.80. The van der Waals surface area contributed by atoms with Gasteiger partial charge in [-0.25, -0.2) is 4.79 Å². The van der Waals surface area contributed by atoms with Crippen molar-refractivity contribution in [3.63, 3.8) is 0 Å². The second kappa shape index (κ2) is 11.0. The third-order valence-electron chi connectivity index (χ3n) is 1.08. The Bertz CT molecular complexity index is 164. The van der Waals surface area contributed by atoms with Crippen LogP contribution in [0.3, 0.4) is 0 Å². The van der Waals surface area contributed by atoms with Gasteiger partial charge in [0.15, 0.2) is 0 Å². The zero-order chi connectivity index (χ0) is 11.7. The fourth-order valence-corrected chi connectivity index (χ4v) is 0.365. The number of nitrogens with zero attached hydrogens (tertiary/aromatic N) is 2. The van der Waals surface area contributed by atoms with Crippen LogP contribution in [0.1, 0.15) is 7.43 Å². The largest absolute Gasteiger partial charge is 0.474 e. The number of hydrogen-bond donors (Lipinski definition) is 0. The van der Waals surface area contributed by atoms with Crippen molar-refractivity contribution < 1.29 is 14.3 Å². The van der Waals surface area contributed by atoms with E-state index >= 15 is 0 Å². The summed E-state index contributed by atoms with van der Waals surface area (Å²) in [5, 5.41) is 0.514. The van der Waals surface area contributed by atoms with Crippen LogP contribution < -0.4 is 0 Å². The molecule has 5 nitrogen and oxygen atoms in total. The Morgan fingerprint density at radius 2 is 1.40 bits per heavy atom. The number of thiocarbonyl (C=S) groups is 1. The minimum atomic E-state index is -0.319. The van der Waals surface area contributed by atoms with Gasteiger partial charge in [0.05, 0.1) is 14.2 Å². The fraction of sp³-hybridized carbons (Fsp3) is 0.778. The number of carbonyl (C=O) groups excluding carboxylic acids is 1. The summed E-state index contributed by atoms with van der Waals surface area (Å²) in [5.74, 6) is 0. The Kier molecular flexibility index (Phi) is 14.4. The lowest BCUT2D eigenvalue weighted by Crippen LogP contribution is -2.20. The average molecular weight is 238 g/mol. The molecule has 6 heteroatoms. The fourth-order valence-electron chi connectivity index (χ4n) is 0.365. The Balaban J connectivity index is -0.000000180. The molecule has 0 aliphatic heterocycles. The third kappa shape index (κ3) is 13.0. The van der Waals surface area contributed by atoms with E-state index in [1.807, 2.05) is 14.1 Å². The molecule has 0 saturated heterocycles. The van der Waals surface area contributed by atoms with E-state index in [0.29, 0.717) is 5.17 Å². The van der Waals surface area contributed by atoms with E-state index in [1.165, 1.54) is 12.0 Å². The lowest BCUT2D eigenvalue weighted by molar-refractivity contribution is 0.141. The van der Waals surface area contributed by atoms with Crippen LogP contribution in [0.25, 0.3) is 0 Å². The van der Waals surface area contributed by atoms with Gasteiger partial charge in [-0.2, -0.15) is 0 Å². The zero-order valence-electron chi connectivity index (χ0n) is 9.53. The first-order valence-electron chi connectivity index (χ1n) is 3.87. The van der Waals surface area contributed by atoms with Gasteiger partial charge in [0.2, 0.25) is 0 Å². The van der Waals surface area contributed by atoms with Crippen LogP contribution in [0.2, 0.25) is 0 Å². The minimum absolute atomic E-state index is 0. The van der Waals surface area contributed by atoms with Crippen LogP contribution in [-0.4, -0.2) is 63.5 Å². The number of carbonyl (C=O) groups is 1. The summed E-state index contributed by atoms with van der Waals surface area (Å²) >= 11 is 4.68. The van der Waals surface area contributed by atoms with Crippen LogP contribution in [0, 0.1) is 0 Å². The summed E-state index contributed by atoms with van der Waals surface area (Å²) < 4.78 is 8.97. The first-order chi connectivity index (χ1) is 6.36. The summed E-state index contributed by atoms with van der Waals surface area (Å²) in [7, 11) is 9.85. The van der Waals surface area contributed by atoms with E-state index in [0.717, 1.165) is 0 Å². The van der Waals surface area contributed by atoms with Crippen LogP contribution in [0.5, 0.6) is 0 Å². The molecule has 0 bridgehead atoms. The highest BCUT2D eigenvalue weighted by atomic mass is 32.1. The minimum Gasteiger partial charge on any atom is -0.474 e. The lowest BCUT2D eigenvalue weighted by Gasteiger charge is -2.09. The van der Waals surface area contributed by atoms with Crippen molar-refractivity contribution >= 4 is 23.5 Å². The summed E-state index contributed by atoms with van der Waals surface area (Å²) in [4.78, 5) is 13.3. The van der Waals surface area contributed by atoms with E-state index in [-0.39, 0.29) is 13.5 Å². The van der Waals surface area contributed by atoms with Crippen LogP contribution in [0.4, 0.5) is 4.79 Å². The molecule has 0 aromatic heterocycles. The summed E-state index contributed by atoms with van der Waals surface area (Å²) in [5.41, 5.74) is 0. The van der Waals surface area contributed by atoms with Crippen molar-refractivity contribution in [2.45, 2.75) is 7.43 Å². The number of rotatable bonds is 0.